The second-order valence-corrected chi connectivity index (χ2v) is 4.84. The van der Waals surface area contributed by atoms with Crippen LogP contribution >= 0.6 is 35.6 Å². The summed E-state index contributed by atoms with van der Waals surface area (Å²) in [5.74, 6) is 1.59. The molecule has 20 heavy (non-hydrogen) atoms. The molecule has 0 bridgehead atoms. The van der Waals surface area contributed by atoms with Gasteiger partial charge < -0.3 is 10.3 Å². The number of fused-ring (bicyclic) bond motifs is 1. The fraction of sp³-hybridized carbons (Fsp3) is 0.545. The summed E-state index contributed by atoms with van der Waals surface area (Å²) < 4.78 is 1.96. The Balaban J connectivity index is 0.00000200. The molecule has 0 unspecified atom stereocenters. The average molecular weight is 340 g/mol. The van der Waals surface area contributed by atoms with Crippen molar-refractivity contribution in [2.75, 3.05) is 37.1 Å². The van der Waals surface area contributed by atoms with Gasteiger partial charge in [-0.05, 0) is 0 Å². The molecule has 2 N–H and O–H groups in total. The summed E-state index contributed by atoms with van der Waals surface area (Å²) in [5, 5.41) is 0. The van der Waals surface area contributed by atoms with Crippen molar-refractivity contribution < 1.29 is 0 Å². The standard InChI is InChI=1S/C11H16Cl2N6.ClH/c12-1-3-18(4-2-13)5-6-19-8-17-9-10(14)15-7-16-11(9)19;/h7-8H,1-6H2,(H2,14,15,16);1H. The maximum Gasteiger partial charge on any atom is 0.165 e. The molecule has 0 saturated heterocycles. The number of aromatic nitrogens is 4. The van der Waals surface area contributed by atoms with E-state index in [1.807, 2.05) is 4.57 Å². The minimum atomic E-state index is 0. The van der Waals surface area contributed by atoms with Crippen molar-refractivity contribution in [3.63, 3.8) is 0 Å². The third-order valence-corrected chi connectivity index (χ3v) is 3.23. The van der Waals surface area contributed by atoms with E-state index in [0.29, 0.717) is 23.1 Å². The van der Waals surface area contributed by atoms with E-state index in [4.69, 9.17) is 28.9 Å². The van der Waals surface area contributed by atoms with Gasteiger partial charge in [-0.15, -0.1) is 35.6 Å². The van der Waals surface area contributed by atoms with Crippen LogP contribution in [0.25, 0.3) is 11.2 Å². The molecule has 0 aliphatic rings. The van der Waals surface area contributed by atoms with E-state index in [0.717, 1.165) is 31.8 Å². The van der Waals surface area contributed by atoms with Gasteiger partial charge in [0.1, 0.15) is 11.8 Å². The molecule has 0 aliphatic carbocycles. The molecule has 2 aromatic heterocycles. The highest BCUT2D eigenvalue weighted by Crippen LogP contribution is 2.13. The number of rotatable bonds is 7. The molecule has 0 radical (unpaired) electrons. The topological polar surface area (TPSA) is 72.9 Å². The molecule has 0 aliphatic heterocycles. The van der Waals surface area contributed by atoms with Crippen LogP contribution in [0.3, 0.4) is 0 Å². The number of anilines is 1. The predicted molar refractivity (Wildman–Crippen MR) is 84.9 cm³/mol. The first-order valence-corrected chi connectivity index (χ1v) is 7.08. The Morgan fingerprint density at radius 1 is 1.10 bits per heavy atom. The summed E-state index contributed by atoms with van der Waals surface area (Å²) in [7, 11) is 0. The fourth-order valence-corrected chi connectivity index (χ4v) is 2.36. The smallest absolute Gasteiger partial charge is 0.165 e. The lowest BCUT2D eigenvalue weighted by molar-refractivity contribution is 0.295. The largest absolute Gasteiger partial charge is 0.382 e. The van der Waals surface area contributed by atoms with Crippen molar-refractivity contribution in [3.8, 4) is 0 Å². The van der Waals surface area contributed by atoms with Crippen LogP contribution in [-0.4, -0.2) is 55.8 Å². The van der Waals surface area contributed by atoms with Gasteiger partial charge in [0.2, 0.25) is 0 Å². The lowest BCUT2D eigenvalue weighted by Crippen LogP contribution is -2.31. The summed E-state index contributed by atoms with van der Waals surface area (Å²) in [6.07, 6.45) is 3.18. The molecule has 0 spiro atoms. The van der Waals surface area contributed by atoms with Gasteiger partial charge in [-0.25, -0.2) is 15.0 Å². The highest BCUT2D eigenvalue weighted by atomic mass is 35.5. The molecule has 2 rings (SSSR count). The minimum Gasteiger partial charge on any atom is -0.382 e. The Kier molecular flexibility index (Phi) is 7.29. The number of imidazole rings is 1. The van der Waals surface area contributed by atoms with Crippen LogP contribution in [0.15, 0.2) is 12.7 Å². The first-order chi connectivity index (χ1) is 9.26. The van der Waals surface area contributed by atoms with Crippen LogP contribution in [0.4, 0.5) is 5.82 Å². The Morgan fingerprint density at radius 2 is 1.80 bits per heavy atom. The number of nitrogens with zero attached hydrogens (tertiary/aromatic N) is 5. The predicted octanol–water partition coefficient (Wildman–Crippen LogP) is 1.61. The van der Waals surface area contributed by atoms with Crippen molar-refractivity contribution in [3.05, 3.63) is 12.7 Å². The average Bonchev–Trinajstić information content (AvgIpc) is 2.81. The minimum absolute atomic E-state index is 0. The zero-order valence-electron chi connectivity index (χ0n) is 10.9. The normalized spacial score (nSPS) is 10.9. The molecule has 0 fully saturated rings. The Labute approximate surface area is 133 Å². The number of nitrogen functional groups attached to an aromatic ring is 1. The Hall–Kier alpha value is -0.820. The summed E-state index contributed by atoms with van der Waals surface area (Å²) in [6.45, 7) is 3.24. The molecule has 2 heterocycles. The van der Waals surface area contributed by atoms with Crippen molar-refractivity contribution in [2.45, 2.75) is 6.54 Å². The van der Waals surface area contributed by atoms with Gasteiger partial charge in [0.05, 0.1) is 6.33 Å². The van der Waals surface area contributed by atoms with E-state index in [1.165, 1.54) is 6.33 Å². The lowest BCUT2D eigenvalue weighted by Gasteiger charge is -2.20. The molecule has 2 aromatic rings. The molecular formula is C11H17Cl3N6. The first-order valence-electron chi connectivity index (χ1n) is 6.02. The van der Waals surface area contributed by atoms with Crippen molar-refractivity contribution >= 4 is 52.6 Å². The van der Waals surface area contributed by atoms with Gasteiger partial charge in [0.15, 0.2) is 11.5 Å². The molecule has 112 valence electrons. The summed E-state index contributed by atoms with van der Waals surface area (Å²) in [4.78, 5) is 14.6. The maximum atomic E-state index is 5.77. The van der Waals surface area contributed by atoms with Gasteiger partial charge in [0.25, 0.3) is 0 Å². The van der Waals surface area contributed by atoms with Crippen LogP contribution in [0.2, 0.25) is 0 Å². The molecule has 9 heteroatoms. The highest BCUT2D eigenvalue weighted by molar-refractivity contribution is 6.18. The van der Waals surface area contributed by atoms with Crippen LogP contribution in [0, 0.1) is 0 Å². The quantitative estimate of drug-likeness (QED) is 0.776. The second-order valence-electron chi connectivity index (χ2n) is 4.09. The number of halogens is 3. The van der Waals surface area contributed by atoms with Crippen molar-refractivity contribution in [1.82, 2.24) is 24.4 Å². The number of hydrogen-bond acceptors (Lipinski definition) is 5. The molecule has 0 atom stereocenters. The fourth-order valence-electron chi connectivity index (χ4n) is 1.89. The van der Waals surface area contributed by atoms with Crippen LogP contribution in [0.5, 0.6) is 0 Å². The zero-order chi connectivity index (χ0) is 13.7. The van der Waals surface area contributed by atoms with E-state index in [-0.39, 0.29) is 12.4 Å². The molecule has 0 saturated carbocycles. The second kappa shape index (κ2) is 8.46. The van der Waals surface area contributed by atoms with Gasteiger partial charge in [0, 0.05) is 37.9 Å². The summed E-state index contributed by atoms with van der Waals surface area (Å²) in [5.41, 5.74) is 7.14. The summed E-state index contributed by atoms with van der Waals surface area (Å²) >= 11 is 11.5. The molecule has 0 aromatic carbocycles. The van der Waals surface area contributed by atoms with Gasteiger partial charge in [-0.1, -0.05) is 0 Å². The third kappa shape index (κ3) is 4.09. The van der Waals surface area contributed by atoms with E-state index >= 15 is 0 Å². The molecule has 6 nitrogen and oxygen atoms in total. The van der Waals surface area contributed by atoms with E-state index < -0.39 is 0 Å². The Bertz CT molecular complexity index is 526. The van der Waals surface area contributed by atoms with Crippen LogP contribution < -0.4 is 5.73 Å². The van der Waals surface area contributed by atoms with E-state index in [1.54, 1.807) is 6.33 Å². The first kappa shape index (κ1) is 17.2. The Morgan fingerprint density at radius 3 is 2.45 bits per heavy atom. The molecular weight excluding hydrogens is 323 g/mol. The van der Waals surface area contributed by atoms with Crippen molar-refractivity contribution in [2.24, 2.45) is 0 Å². The zero-order valence-corrected chi connectivity index (χ0v) is 13.2. The number of hydrogen-bond donors (Lipinski definition) is 1. The van der Waals surface area contributed by atoms with Crippen LogP contribution in [0.1, 0.15) is 0 Å². The van der Waals surface area contributed by atoms with E-state index in [9.17, 15) is 0 Å². The lowest BCUT2D eigenvalue weighted by atomic mass is 10.4. The number of alkyl halides is 2. The van der Waals surface area contributed by atoms with Gasteiger partial charge >= 0.3 is 0 Å². The maximum absolute atomic E-state index is 5.77. The third-order valence-electron chi connectivity index (χ3n) is 2.89. The van der Waals surface area contributed by atoms with Crippen LogP contribution in [-0.2, 0) is 6.54 Å². The highest BCUT2D eigenvalue weighted by Gasteiger charge is 2.09. The van der Waals surface area contributed by atoms with Crippen molar-refractivity contribution in [1.29, 1.82) is 0 Å². The monoisotopic (exact) mass is 338 g/mol. The molecule has 0 amide bonds. The van der Waals surface area contributed by atoms with Gasteiger partial charge in [-0.3, -0.25) is 4.90 Å². The summed E-state index contributed by atoms with van der Waals surface area (Å²) in [6, 6.07) is 0. The SMILES string of the molecule is Cl.Nc1ncnc2c1ncn2CCN(CCCl)CCCl. The number of nitrogens with two attached hydrogens (primary N) is 1. The van der Waals surface area contributed by atoms with E-state index in [2.05, 4.69) is 19.9 Å². The van der Waals surface area contributed by atoms with Gasteiger partial charge in [-0.2, -0.15) is 0 Å².